The zero-order valence-corrected chi connectivity index (χ0v) is 14.2. The van der Waals surface area contributed by atoms with Crippen molar-refractivity contribution in [2.45, 2.75) is 12.5 Å². The fraction of sp³-hybridized carbons (Fsp3) is 0.714. The normalized spacial score (nSPS) is 21.2. The molecule has 0 aromatic heterocycles. The highest BCUT2D eigenvalue weighted by molar-refractivity contribution is 5.71. The van der Waals surface area contributed by atoms with E-state index in [1.54, 1.807) is 0 Å². The third-order valence-electron chi connectivity index (χ3n) is 3.87. The predicted octanol–water partition coefficient (Wildman–Crippen LogP) is -2.49. The van der Waals surface area contributed by atoms with Crippen LogP contribution in [0.3, 0.4) is 0 Å². The number of hydrogen-bond acceptors (Lipinski definition) is 8. The van der Waals surface area contributed by atoms with E-state index in [0.717, 1.165) is 0 Å². The number of carbonyl (C=O) groups is 4. The Morgan fingerprint density at radius 2 is 1.31 bits per heavy atom. The summed E-state index contributed by atoms with van der Waals surface area (Å²) in [5.74, 6) is -4.48. The van der Waals surface area contributed by atoms with Crippen molar-refractivity contribution in [3.8, 4) is 0 Å². The first-order valence-corrected chi connectivity index (χ1v) is 8.00. The summed E-state index contributed by atoms with van der Waals surface area (Å²) < 4.78 is 0. The molecule has 1 rings (SSSR count). The van der Waals surface area contributed by atoms with Crippen LogP contribution in [0.4, 0.5) is 0 Å². The van der Waals surface area contributed by atoms with Gasteiger partial charge in [0.15, 0.2) is 0 Å². The lowest BCUT2D eigenvalue weighted by molar-refractivity contribution is -0.153. The van der Waals surface area contributed by atoms with Crippen LogP contribution in [0.1, 0.15) is 6.42 Å². The molecule has 1 fully saturated rings. The van der Waals surface area contributed by atoms with Crippen LogP contribution in [0.25, 0.3) is 0 Å². The van der Waals surface area contributed by atoms with Gasteiger partial charge in [0.2, 0.25) is 0 Å². The van der Waals surface area contributed by atoms with E-state index in [2.05, 4.69) is 5.32 Å². The molecule has 0 aliphatic carbocycles. The monoisotopic (exact) mass is 376 g/mol. The molecule has 0 spiro atoms. The molecule has 1 atom stereocenters. The molecule has 1 aliphatic heterocycles. The van der Waals surface area contributed by atoms with Crippen molar-refractivity contribution < 1.29 is 39.6 Å². The maximum Gasteiger partial charge on any atom is 0.319 e. The van der Waals surface area contributed by atoms with Crippen molar-refractivity contribution in [2.75, 3.05) is 52.4 Å². The Morgan fingerprint density at radius 1 is 0.769 bits per heavy atom. The van der Waals surface area contributed by atoms with Gasteiger partial charge in [0.1, 0.15) is 13.1 Å². The number of nitrogens with one attached hydrogen (secondary N) is 1. The largest absolute Gasteiger partial charge is 0.481 e. The van der Waals surface area contributed by atoms with Crippen LogP contribution in [-0.2, 0) is 19.2 Å². The minimum atomic E-state index is -1.16. The van der Waals surface area contributed by atoms with Gasteiger partial charge in [0.05, 0.1) is 13.0 Å². The van der Waals surface area contributed by atoms with Gasteiger partial charge in [-0.1, -0.05) is 0 Å². The van der Waals surface area contributed by atoms with Gasteiger partial charge in [-0.15, -0.1) is 0 Å². The topological polar surface area (TPSA) is 171 Å². The molecule has 1 aliphatic rings. The highest BCUT2D eigenvalue weighted by Crippen LogP contribution is 2.08. The second-order valence-corrected chi connectivity index (χ2v) is 5.88. The first-order chi connectivity index (χ1) is 12.2. The van der Waals surface area contributed by atoms with E-state index in [0.29, 0.717) is 6.54 Å². The van der Waals surface area contributed by atoms with E-state index < -0.39 is 49.6 Å². The van der Waals surface area contributed by atoms with Crippen molar-refractivity contribution in [1.29, 1.82) is 0 Å². The molecule has 0 amide bonds. The van der Waals surface area contributed by atoms with Gasteiger partial charge in [0.25, 0.3) is 0 Å². The number of nitrogens with zero attached hydrogens (tertiary/aromatic N) is 3. The summed E-state index contributed by atoms with van der Waals surface area (Å²) in [6.07, 6.45) is -0.266. The molecule has 0 aromatic carbocycles. The van der Waals surface area contributed by atoms with Gasteiger partial charge in [-0.2, -0.15) is 0 Å². The van der Waals surface area contributed by atoms with Gasteiger partial charge in [-0.25, -0.2) is 10.0 Å². The average molecular weight is 376 g/mol. The van der Waals surface area contributed by atoms with Crippen molar-refractivity contribution in [1.82, 2.24) is 20.2 Å². The van der Waals surface area contributed by atoms with Crippen molar-refractivity contribution in [3.05, 3.63) is 0 Å². The lowest BCUT2D eigenvalue weighted by Crippen LogP contribution is -2.56. The average Bonchev–Trinajstić information content (AvgIpc) is 2.49. The van der Waals surface area contributed by atoms with Crippen molar-refractivity contribution in [2.24, 2.45) is 0 Å². The molecular weight excluding hydrogens is 352 g/mol. The van der Waals surface area contributed by atoms with E-state index >= 15 is 0 Å². The molecule has 1 heterocycles. The number of hydrogen-bond donors (Lipinski definition) is 5. The smallest absolute Gasteiger partial charge is 0.319 e. The Kier molecular flexibility index (Phi) is 8.92. The molecule has 0 aromatic rings. The zero-order valence-electron chi connectivity index (χ0n) is 14.2. The molecule has 1 unspecified atom stereocenters. The van der Waals surface area contributed by atoms with Crippen LogP contribution in [0.5, 0.6) is 0 Å². The Morgan fingerprint density at radius 3 is 1.81 bits per heavy atom. The van der Waals surface area contributed by atoms with Gasteiger partial charge in [-0.3, -0.25) is 24.1 Å². The first-order valence-electron chi connectivity index (χ1n) is 8.00. The third kappa shape index (κ3) is 8.20. The van der Waals surface area contributed by atoms with Gasteiger partial charge in [-0.05, 0) is 0 Å². The minimum absolute atomic E-state index is 0.0585. The molecule has 12 heteroatoms. The molecule has 148 valence electrons. The van der Waals surface area contributed by atoms with Crippen LogP contribution in [0, 0.1) is 0 Å². The van der Waals surface area contributed by atoms with E-state index in [9.17, 15) is 19.2 Å². The fourth-order valence-electron chi connectivity index (χ4n) is 2.77. The van der Waals surface area contributed by atoms with Gasteiger partial charge < -0.3 is 25.7 Å². The summed E-state index contributed by atoms with van der Waals surface area (Å²) in [6.45, 7) is -0.375. The quantitative estimate of drug-likeness (QED) is 0.302. The Bertz CT molecular complexity index is 483. The standard InChI is InChI=1S/C14H24N4O8/c19-11(20)5-10-6-15-1-2-17(8-13(23)24)18(9-14(25)26)4-3-16(10)7-12(21)22/h10,15H,1-9H2,(H,19,20)(H,21,22)(H,23,24)(H,25,26). The summed E-state index contributed by atoms with van der Waals surface area (Å²) in [6, 6.07) is -0.582. The summed E-state index contributed by atoms with van der Waals surface area (Å²) in [5, 5.41) is 41.9. The van der Waals surface area contributed by atoms with E-state index in [1.165, 1.54) is 14.9 Å². The highest BCUT2D eigenvalue weighted by atomic mass is 16.4. The first kappa shape index (κ1) is 21.8. The minimum Gasteiger partial charge on any atom is -0.481 e. The van der Waals surface area contributed by atoms with E-state index in [4.69, 9.17) is 20.4 Å². The molecule has 12 nitrogen and oxygen atoms in total. The second kappa shape index (κ2) is 10.7. The van der Waals surface area contributed by atoms with Crippen LogP contribution in [0.15, 0.2) is 0 Å². The molecule has 0 bridgehead atoms. The maximum absolute atomic E-state index is 11.1. The molecule has 1 saturated heterocycles. The number of aliphatic carboxylic acids is 4. The van der Waals surface area contributed by atoms with Crippen LogP contribution in [0.2, 0.25) is 0 Å². The zero-order chi connectivity index (χ0) is 19.7. The second-order valence-electron chi connectivity index (χ2n) is 5.88. The SMILES string of the molecule is O=C(O)CC1CNCCN(CC(=O)O)N(CC(=O)O)CCN1CC(=O)O. The van der Waals surface area contributed by atoms with Crippen LogP contribution >= 0.6 is 0 Å². The van der Waals surface area contributed by atoms with Gasteiger partial charge in [0, 0.05) is 38.8 Å². The molecule has 0 radical (unpaired) electrons. The molecule has 5 N–H and O–H groups in total. The summed E-state index contributed by atoms with van der Waals surface area (Å²) in [7, 11) is 0. The highest BCUT2D eigenvalue weighted by Gasteiger charge is 2.27. The lowest BCUT2D eigenvalue weighted by Gasteiger charge is -2.38. The summed E-state index contributed by atoms with van der Waals surface area (Å²) in [4.78, 5) is 45.8. The summed E-state index contributed by atoms with van der Waals surface area (Å²) in [5.41, 5.74) is 0. The third-order valence-corrected chi connectivity index (χ3v) is 3.87. The van der Waals surface area contributed by atoms with E-state index in [-0.39, 0.29) is 32.6 Å². The lowest BCUT2D eigenvalue weighted by atomic mass is 10.1. The van der Waals surface area contributed by atoms with Gasteiger partial charge >= 0.3 is 23.9 Å². The van der Waals surface area contributed by atoms with Crippen molar-refractivity contribution >= 4 is 23.9 Å². The Labute approximate surface area is 149 Å². The fourth-order valence-corrected chi connectivity index (χ4v) is 2.77. The van der Waals surface area contributed by atoms with E-state index in [1.807, 2.05) is 0 Å². The predicted molar refractivity (Wildman–Crippen MR) is 86.5 cm³/mol. The number of carboxylic acid groups (broad SMARTS) is 4. The Hall–Kier alpha value is -2.28. The molecule has 26 heavy (non-hydrogen) atoms. The molecular formula is C14H24N4O8. The maximum atomic E-state index is 11.1. The van der Waals surface area contributed by atoms with Crippen LogP contribution in [-0.4, -0.2) is 118 Å². The molecule has 0 saturated carbocycles. The van der Waals surface area contributed by atoms with Crippen LogP contribution < -0.4 is 5.32 Å². The van der Waals surface area contributed by atoms with Crippen molar-refractivity contribution in [3.63, 3.8) is 0 Å². The number of carboxylic acids is 4. The summed E-state index contributed by atoms with van der Waals surface area (Å²) >= 11 is 0. The number of hydrazine groups is 1. The Balaban J connectivity index is 2.98. The number of rotatable bonds is 8.